The van der Waals surface area contributed by atoms with Crippen LogP contribution in [0.25, 0.3) is 0 Å². The molecule has 5 rings (SSSR count). The van der Waals surface area contributed by atoms with Crippen LogP contribution >= 0.6 is 0 Å². The molecule has 39 heavy (non-hydrogen) atoms. The number of rotatable bonds is 10. The van der Waals surface area contributed by atoms with E-state index in [0.29, 0.717) is 24.3 Å². The van der Waals surface area contributed by atoms with Crippen LogP contribution in [0.5, 0.6) is 11.5 Å². The Bertz CT molecular complexity index is 1250. The Labute approximate surface area is 234 Å². The summed E-state index contributed by atoms with van der Waals surface area (Å²) in [6, 6.07) is 33.1. The van der Waals surface area contributed by atoms with Crippen LogP contribution in [0.15, 0.2) is 97.1 Å². The Morgan fingerprint density at radius 2 is 1.13 bits per heavy atom. The summed E-state index contributed by atoms with van der Waals surface area (Å²) in [5.41, 5.74) is 6.53. The van der Waals surface area contributed by atoms with Crippen LogP contribution in [0.1, 0.15) is 91.7 Å². The smallest absolute Gasteiger partial charge is 0.119 e. The van der Waals surface area contributed by atoms with Gasteiger partial charge in [0.2, 0.25) is 0 Å². The molecule has 0 radical (unpaired) electrons. The standard InChI is InChI=1S/C37H42O2/c1-37(23-11-18-28-12-5-2-6-13-28,33-19-21-35(38)31(26-33)24-29-14-7-3-8-15-29)34-20-22-36(39)32(27-34)25-30-16-9-4-10-17-30/h3-4,7-10,14-17,19-22,26-28,38-39H,2,5-6,11-13,18,23-25H2,1H3. The molecule has 1 saturated carbocycles. The summed E-state index contributed by atoms with van der Waals surface area (Å²) >= 11 is 0. The molecule has 1 aliphatic rings. The van der Waals surface area contributed by atoms with Crippen molar-refractivity contribution in [3.63, 3.8) is 0 Å². The monoisotopic (exact) mass is 518 g/mol. The minimum Gasteiger partial charge on any atom is -0.508 e. The van der Waals surface area contributed by atoms with Crippen molar-refractivity contribution in [2.24, 2.45) is 5.92 Å². The van der Waals surface area contributed by atoms with Crippen LogP contribution < -0.4 is 0 Å². The van der Waals surface area contributed by atoms with E-state index in [9.17, 15) is 10.2 Å². The van der Waals surface area contributed by atoms with E-state index in [1.807, 2.05) is 24.3 Å². The highest BCUT2D eigenvalue weighted by atomic mass is 16.3. The summed E-state index contributed by atoms with van der Waals surface area (Å²) in [6.07, 6.45) is 11.8. The molecular weight excluding hydrogens is 476 g/mol. The minimum absolute atomic E-state index is 0.229. The lowest BCUT2D eigenvalue weighted by Crippen LogP contribution is -2.25. The highest BCUT2D eigenvalue weighted by Gasteiger charge is 2.30. The van der Waals surface area contributed by atoms with Gasteiger partial charge in [-0.1, -0.05) is 137 Å². The molecule has 2 nitrogen and oxygen atoms in total. The fourth-order valence-corrected chi connectivity index (χ4v) is 6.45. The maximum atomic E-state index is 10.8. The summed E-state index contributed by atoms with van der Waals surface area (Å²) in [6.45, 7) is 2.35. The predicted octanol–water partition coefficient (Wildman–Crippen LogP) is 9.34. The van der Waals surface area contributed by atoms with Gasteiger partial charge in [-0.3, -0.25) is 0 Å². The van der Waals surface area contributed by atoms with Crippen LogP contribution in [-0.4, -0.2) is 10.2 Å². The van der Waals surface area contributed by atoms with E-state index in [0.717, 1.165) is 23.5 Å². The minimum atomic E-state index is -0.229. The Morgan fingerprint density at radius 1 is 0.641 bits per heavy atom. The zero-order chi connectivity index (χ0) is 27.1. The van der Waals surface area contributed by atoms with Crippen molar-refractivity contribution in [2.45, 2.75) is 76.5 Å². The van der Waals surface area contributed by atoms with E-state index >= 15 is 0 Å². The number of benzene rings is 4. The molecule has 0 aromatic heterocycles. The van der Waals surface area contributed by atoms with Crippen molar-refractivity contribution >= 4 is 0 Å². The molecule has 0 bridgehead atoms. The molecule has 2 N–H and O–H groups in total. The second kappa shape index (κ2) is 12.6. The van der Waals surface area contributed by atoms with Crippen LogP contribution in [-0.2, 0) is 18.3 Å². The highest BCUT2D eigenvalue weighted by Crippen LogP contribution is 2.41. The molecule has 1 fully saturated rings. The largest absolute Gasteiger partial charge is 0.508 e. The van der Waals surface area contributed by atoms with Crippen LogP contribution in [0, 0.1) is 5.92 Å². The van der Waals surface area contributed by atoms with Gasteiger partial charge in [-0.15, -0.1) is 0 Å². The third-order valence-corrected chi connectivity index (χ3v) is 8.92. The molecule has 0 heterocycles. The van der Waals surface area contributed by atoms with Gasteiger partial charge in [0, 0.05) is 18.3 Å². The van der Waals surface area contributed by atoms with Gasteiger partial charge in [-0.2, -0.15) is 0 Å². The number of hydrogen-bond donors (Lipinski definition) is 2. The van der Waals surface area contributed by atoms with Crippen LogP contribution in [0.4, 0.5) is 0 Å². The van der Waals surface area contributed by atoms with Gasteiger partial charge >= 0.3 is 0 Å². The summed E-state index contributed by atoms with van der Waals surface area (Å²) < 4.78 is 0. The first-order chi connectivity index (χ1) is 19.0. The van der Waals surface area contributed by atoms with E-state index in [-0.39, 0.29) is 5.41 Å². The van der Waals surface area contributed by atoms with Crippen molar-refractivity contribution in [3.8, 4) is 11.5 Å². The second-order valence-corrected chi connectivity index (χ2v) is 11.7. The maximum Gasteiger partial charge on any atom is 0.119 e. The van der Waals surface area contributed by atoms with E-state index in [4.69, 9.17) is 0 Å². The fourth-order valence-electron chi connectivity index (χ4n) is 6.45. The quantitative estimate of drug-likeness (QED) is 0.220. The summed E-state index contributed by atoms with van der Waals surface area (Å²) in [5.74, 6) is 1.55. The number of hydrogen-bond acceptors (Lipinski definition) is 2. The van der Waals surface area contributed by atoms with Crippen LogP contribution in [0.2, 0.25) is 0 Å². The van der Waals surface area contributed by atoms with Crippen molar-refractivity contribution < 1.29 is 10.2 Å². The average Bonchev–Trinajstić information content (AvgIpc) is 2.97. The fraction of sp³-hybridized carbons (Fsp3) is 0.351. The van der Waals surface area contributed by atoms with Gasteiger partial charge < -0.3 is 10.2 Å². The SMILES string of the molecule is CC(CCCC1CCCCC1)(c1ccc(O)c(Cc2ccccc2)c1)c1ccc(O)c(Cc2ccccc2)c1. The molecule has 0 spiro atoms. The first-order valence-corrected chi connectivity index (χ1v) is 14.7. The van der Waals surface area contributed by atoms with Gasteiger partial charge in [0.05, 0.1) is 0 Å². The molecule has 2 heteroatoms. The summed E-state index contributed by atoms with van der Waals surface area (Å²) in [7, 11) is 0. The molecule has 0 saturated heterocycles. The highest BCUT2D eigenvalue weighted by molar-refractivity contribution is 5.49. The van der Waals surface area contributed by atoms with E-state index in [1.54, 1.807) is 0 Å². The average molecular weight is 519 g/mol. The third kappa shape index (κ3) is 6.74. The first-order valence-electron chi connectivity index (χ1n) is 14.7. The predicted molar refractivity (Wildman–Crippen MR) is 162 cm³/mol. The second-order valence-electron chi connectivity index (χ2n) is 11.7. The van der Waals surface area contributed by atoms with Crippen molar-refractivity contribution in [1.29, 1.82) is 0 Å². The topological polar surface area (TPSA) is 40.5 Å². The Balaban J connectivity index is 1.48. The van der Waals surface area contributed by atoms with E-state index < -0.39 is 0 Å². The first kappa shape index (κ1) is 27.1. The summed E-state index contributed by atoms with van der Waals surface area (Å²) in [4.78, 5) is 0. The summed E-state index contributed by atoms with van der Waals surface area (Å²) in [5, 5.41) is 21.6. The van der Waals surface area contributed by atoms with E-state index in [2.05, 4.69) is 79.7 Å². The van der Waals surface area contributed by atoms with Gasteiger partial charge in [-0.25, -0.2) is 0 Å². The Hall–Kier alpha value is -3.52. The maximum absolute atomic E-state index is 10.8. The Morgan fingerprint density at radius 3 is 1.62 bits per heavy atom. The van der Waals surface area contributed by atoms with Crippen molar-refractivity contribution in [1.82, 2.24) is 0 Å². The van der Waals surface area contributed by atoms with Crippen LogP contribution in [0.3, 0.4) is 0 Å². The normalized spacial score (nSPS) is 14.4. The molecule has 0 aliphatic heterocycles. The number of phenols is 2. The van der Waals surface area contributed by atoms with E-state index in [1.165, 1.54) is 67.2 Å². The van der Waals surface area contributed by atoms with Gasteiger partial charge in [-0.05, 0) is 57.9 Å². The number of aromatic hydroxyl groups is 2. The molecule has 1 aliphatic carbocycles. The van der Waals surface area contributed by atoms with Gasteiger partial charge in [0.15, 0.2) is 0 Å². The zero-order valence-electron chi connectivity index (χ0n) is 23.3. The lowest BCUT2D eigenvalue weighted by atomic mass is 9.71. The molecule has 202 valence electrons. The van der Waals surface area contributed by atoms with Gasteiger partial charge in [0.25, 0.3) is 0 Å². The lowest BCUT2D eigenvalue weighted by Gasteiger charge is -2.33. The van der Waals surface area contributed by atoms with Gasteiger partial charge in [0.1, 0.15) is 11.5 Å². The van der Waals surface area contributed by atoms with Crippen molar-refractivity contribution in [2.75, 3.05) is 0 Å². The molecule has 0 amide bonds. The molecule has 0 atom stereocenters. The third-order valence-electron chi connectivity index (χ3n) is 8.92. The Kier molecular flexibility index (Phi) is 8.71. The molecular formula is C37H42O2. The number of phenolic OH excluding ortho intramolecular Hbond substituents is 2. The molecule has 4 aromatic rings. The lowest BCUT2D eigenvalue weighted by molar-refractivity contribution is 0.319. The molecule has 0 unspecified atom stereocenters. The molecule has 4 aromatic carbocycles. The zero-order valence-corrected chi connectivity index (χ0v) is 23.3. The van der Waals surface area contributed by atoms with Crippen molar-refractivity contribution in [3.05, 3.63) is 130 Å².